The number of alkyl halides is 3. The maximum Gasteiger partial charge on any atom is 0.459 e. The second-order valence-corrected chi connectivity index (χ2v) is 4.46. The van der Waals surface area contributed by atoms with Crippen LogP contribution in [0.15, 0.2) is 0 Å². The summed E-state index contributed by atoms with van der Waals surface area (Å²) in [5.74, 6) is 0.394. The molecule has 0 radical (unpaired) electrons. The SMILES string of the molecule is CC(C)NCC1CCN(C(F)(F)F)CC1. The molecule has 1 aliphatic heterocycles. The highest BCUT2D eigenvalue weighted by molar-refractivity contribution is 4.75. The minimum absolute atomic E-state index is 0.147. The maximum atomic E-state index is 12.3. The molecule has 0 aliphatic carbocycles. The minimum Gasteiger partial charge on any atom is -0.314 e. The zero-order valence-corrected chi connectivity index (χ0v) is 9.27. The molecule has 0 atom stereocenters. The van der Waals surface area contributed by atoms with Crippen molar-refractivity contribution in [3.05, 3.63) is 0 Å². The van der Waals surface area contributed by atoms with Gasteiger partial charge in [0.15, 0.2) is 0 Å². The summed E-state index contributed by atoms with van der Waals surface area (Å²) < 4.78 is 36.9. The highest BCUT2D eigenvalue weighted by atomic mass is 19.4. The van der Waals surface area contributed by atoms with E-state index in [1.807, 2.05) is 13.8 Å². The van der Waals surface area contributed by atoms with E-state index in [-0.39, 0.29) is 13.1 Å². The van der Waals surface area contributed by atoms with Gasteiger partial charge in [0.25, 0.3) is 0 Å². The molecule has 1 N–H and O–H groups in total. The molecule has 1 fully saturated rings. The van der Waals surface area contributed by atoms with Crippen LogP contribution in [-0.4, -0.2) is 36.9 Å². The standard InChI is InChI=1S/C10H19F3N2/c1-8(2)14-7-9-3-5-15(6-4-9)10(11,12)13/h8-9,14H,3-7H2,1-2H3. The minimum atomic E-state index is -4.14. The molecular formula is C10H19F3N2. The topological polar surface area (TPSA) is 15.3 Å². The van der Waals surface area contributed by atoms with Crippen LogP contribution in [0.1, 0.15) is 26.7 Å². The summed E-state index contributed by atoms with van der Waals surface area (Å²) in [6, 6.07) is 0.408. The monoisotopic (exact) mass is 224 g/mol. The third-order valence-electron chi connectivity index (χ3n) is 2.79. The summed E-state index contributed by atoms with van der Waals surface area (Å²) in [7, 11) is 0. The number of hydrogen-bond donors (Lipinski definition) is 1. The van der Waals surface area contributed by atoms with Crippen molar-refractivity contribution < 1.29 is 13.2 Å². The van der Waals surface area contributed by atoms with Crippen molar-refractivity contribution in [3.8, 4) is 0 Å². The molecule has 2 nitrogen and oxygen atoms in total. The van der Waals surface area contributed by atoms with Gasteiger partial charge >= 0.3 is 6.30 Å². The lowest BCUT2D eigenvalue weighted by molar-refractivity contribution is -0.251. The number of rotatable bonds is 3. The van der Waals surface area contributed by atoms with E-state index in [1.165, 1.54) is 0 Å². The van der Waals surface area contributed by atoms with Crippen LogP contribution >= 0.6 is 0 Å². The molecular weight excluding hydrogens is 205 g/mol. The first kappa shape index (κ1) is 12.8. The van der Waals surface area contributed by atoms with Gasteiger partial charge in [-0.1, -0.05) is 13.8 Å². The molecule has 1 saturated heterocycles. The highest BCUT2D eigenvalue weighted by Crippen LogP contribution is 2.27. The van der Waals surface area contributed by atoms with Crippen LogP contribution in [0.5, 0.6) is 0 Å². The van der Waals surface area contributed by atoms with Gasteiger partial charge < -0.3 is 5.32 Å². The first-order valence-electron chi connectivity index (χ1n) is 5.44. The second kappa shape index (κ2) is 5.16. The van der Waals surface area contributed by atoms with Gasteiger partial charge in [0.05, 0.1) is 0 Å². The summed E-state index contributed by atoms with van der Waals surface area (Å²) in [6.07, 6.45) is -2.87. The first-order valence-corrected chi connectivity index (χ1v) is 5.44. The number of hydrogen-bond acceptors (Lipinski definition) is 2. The Kier molecular flexibility index (Phi) is 4.40. The third kappa shape index (κ3) is 4.38. The predicted molar refractivity (Wildman–Crippen MR) is 53.5 cm³/mol. The van der Waals surface area contributed by atoms with Crippen molar-refractivity contribution in [2.45, 2.75) is 39.0 Å². The van der Waals surface area contributed by atoms with Crippen molar-refractivity contribution in [2.75, 3.05) is 19.6 Å². The van der Waals surface area contributed by atoms with Crippen LogP contribution in [-0.2, 0) is 0 Å². The number of likely N-dealkylation sites (tertiary alicyclic amines) is 1. The molecule has 5 heteroatoms. The smallest absolute Gasteiger partial charge is 0.314 e. The highest BCUT2D eigenvalue weighted by Gasteiger charge is 2.38. The quantitative estimate of drug-likeness (QED) is 0.739. The van der Waals surface area contributed by atoms with Crippen LogP contribution in [0.3, 0.4) is 0 Å². The van der Waals surface area contributed by atoms with Crippen molar-refractivity contribution in [1.29, 1.82) is 0 Å². The Morgan fingerprint density at radius 3 is 2.20 bits per heavy atom. The summed E-state index contributed by atoms with van der Waals surface area (Å²) in [4.78, 5) is 0.610. The maximum absolute atomic E-state index is 12.3. The fourth-order valence-electron chi connectivity index (χ4n) is 1.79. The molecule has 1 heterocycles. The van der Waals surface area contributed by atoms with Gasteiger partial charge in [0, 0.05) is 19.1 Å². The van der Waals surface area contributed by atoms with E-state index in [0.29, 0.717) is 29.7 Å². The largest absolute Gasteiger partial charge is 0.459 e. The molecule has 0 spiro atoms. The van der Waals surface area contributed by atoms with Gasteiger partial charge in [-0.3, -0.25) is 0 Å². The Hall–Kier alpha value is -0.290. The summed E-state index contributed by atoms with van der Waals surface area (Å²) >= 11 is 0. The lowest BCUT2D eigenvalue weighted by atomic mass is 9.97. The average molecular weight is 224 g/mol. The molecule has 0 bridgehead atoms. The zero-order valence-electron chi connectivity index (χ0n) is 9.27. The normalized spacial score (nSPS) is 21.2. The molecule has 90 valence electrons. The van der Waals surface area contributed by atoms with Gasteiger partial charge in [0.1, 0.15) is 0 Å². The van der Waals surface area contributed by atoms with E-state index in [1.54, 1.807) is 0 Å². The summed E-state index contributed by atoms with van der Waals surface area (Å²) in [6.45, 7) is 5.22. The third-order valence-corrected chi connectivity index (χ3v) is 2.79. The van der Waals surface area contributed by atoms with Crippen LogP contribution in [0.25, 0.3) is 0 Å². The van der Waals surface area contributed by atoms with Gasteiger partial charge in [0.2, 0.25) is 0 Å². The lowest BCUT2D eigenvalue weighted by Gasteiger charge is -2.33. The first-order chi connectivity index (χ1) is 6.89. The molecule has 0 aromatic rings. The second-order valence-electron chi connectivity index (χ2n) is 4.46. The van der Waals surface area contributed by atoms with E-state index in [2.05, 4.69) is 5.32 Å². The number of piperidine rings is 1. The molecule has 15 heavy (non-hydrogen) atoms. The van der Waals surface area contributed by atoms with Crippen molar-refractivity contribution in [2.24, 2.45) is 5.92 Å². The Morgan fingerprint density at radius 1 is 1.27 bits per heavy atom. The van der Waals surface area contributed by atoms with E-state index >= 15 is 0 Å². The molecule has 0 unspecified atom stereocenters. The molecule has 1 aliphatic rings. The predicted octanol–water partition coefficient (Wildman–Crippen LogP) is 2.22. The zero-order chi connectivity index (χ0) is 11.5. The molecule has 1 rings (SSSR count). The molecule has 0 amide bonds. The van der Waals surface area contributed by atoms with E-state index in [0.717, 1.165) is 6.54 Å². The number of halogens is 3. The Balaban J connectivity index is 2.24. The van der Waals surface area contributed by atoms with Crippen molar-refractivity contribution in [1.82, 2.24) is 10.2 Å². The van der Waals surface area contributed by atoms with E-state index in [9.17, 15) is 13.2 Å². The Labute approximate surface area is 88.8 Å². The molecule has 0 aromatic heterocycles. The van der Waals surface area contributed by atoms with Gasteiger partial charge in [-0.25, -0.2) is 4.90 Å². The van der Waals surface area contributed by atoms with Crippen molar-refractivity contribution >= 4 is 0 Å². The van der Waals surface area contributed by atoms with E-state index in [4.69, 9.17) is 0 Å². The lowest BCUT2D eigenvalue weighted by Crippen LogP contribution is -2.45. The van der Waals surface area contributed by atoms with Crippen LogP contribution in [0, 0.1) is 5.92 Å². The van der Waals surface area contributed by atoms with Gasteiger partial charge in [-0.2, -0.15) is 13.2 Å². The number of nitrogens with one attached hydrogen (secondary N) is 1. The van der Waals surface area contributed by atoms with E-state index < -0.39 is 6.30 Å². The summed E-state index contributed by atoms with van der Waals surface area (Å²) in [5.41, 5.74) is 0. The molecule has 0 aromatic carbocycles. The molecule has 0 saturated carbocycles. The average Bonchev–Trinajstić information content (AvgIpc) is 2.14. The fourth-order valence-corrected chi connectivity index (χ4v) is 1.79. The fraction of sp³-hybridized carbons (Fsp3) is 1.00. The van der Waals surface area contributed by atoms with Crippen LogP contribution in [0.4, 0.5) is 13.2 Å². The Bertz CT molecular complexity index is 184. The van der Waals surface area contributed by atoms with Gasteiger partial charge in [-0.15, -0.1) is 0 Å². The Morgan fingerprint density at radius 2 is 1.80 bits per heavy atom. The summed E-state index contributed by atoms with van der Waals surface area (Å²) in [5, 5.41) is 3.27. The van der Waals surface area contributed by atoms with Crippen LogP contribution in [0.2, 0.25) is 0 Å². The van der Waals surface area contributed by atoms with Crippen molar-refractivity contribution in [3.63, 3.8) is 0 Å². The van der Waals surface area contributed by atoms with Crippen LogP contribution < -0.4 is 5.32 Å². The number of nitrogens with zero attached hydrogens (tertiary/aromatic N) is 1. The van der Waals surface area contributed by atoms with Gasteiger partial charge in [-0.05, 0) is 25.3 Å².